The molecule has 0 amide bonds. The molecule has 2 N–H and O–H groups in total. The zero-order valence-electron chi connectivity index (χ0n) is 9.24. The van der Waals surface area contributed by atoms with E-state index in [1.165, 1.54) is 0 Å². The van der Waals surface area contributed by atoms with Gasteiger partial charge < -0.3 is 5.73 Å². The van der Waals surface area contributed by atoms with Crippen LogP contribution in [0.3, 0.4) is 0 Å². The first-order valence-electron chi connectivity index (χ1n) is 5.11. The van der Waals surface area contributed by atoms with Gasteiger partial charge in [-0.05, 0) is 30.4 Å². The summed E-state index contributed by atoms with van der Waals surface area (Å²) >= 11 is 6.05. The summed E-state index contributed by atoms with van der Waals surface area (Å²) in [5.41, 5.74) is 7.12. The zero-order valence-corrected chi connectivity index (χ0v) is 10.8. The molecule has 0 bridgehead atoms. The standard InChI is InChI=1S/C12H18ClN.ClH/c1-9(2)7-8-12(14)10-5-3-4-6-11(10)13;/h3-6,9,12H,7-8,14H2,1-2H3;1H. The van der Waals surface area contributed by atoms with Gasteiger partial charge in [0.15, 0.2) is 0 Å². The van der Waals surface area contributed by atoms with Gasteiger partial charge in [-0.25, -0.2) is 0 Å². The lowest BCUT2D eigenvalue weighted by atomic mass is 9.98. The van der Waals surface area contributed by atoms with Crippen molar-refractivity contribution in [2.75, 3.05) is 0 Å². The Hall–Kier alpha value is -0.240. The third-order valence-electron chi connectivity index (χ3n) is 2.36. The maximum absolute atomic E-state index is 6.06. The summed E-state index contributed by atoms with van der Waals surface area (Å²) in [5, 5.41) is 0.781. The van der Waals surface area contributed by atoms with E-state index >= 15 is 0 Å². The minimum Gasteiger partial charge on any atom is -0.324 e. The lowest BCUT2D eigenvalue weighted by molar-refractivity contribution is 0.507. The molecule has 1 atom stereocenters. The first-order chi connectivity index (χ1) is 6.61. The molecule has 0 aliphatic rings. The number of halogens is 2. The monoisotopic (exact) mass is 247 g/mol. The maximum atomic E-state index is 6.06. The van der Waals surface area contributed by atoms with Gasteiger partial charge in [0.2, 0.25) is 0 Å². The van der Waals surface area contributed by atoms with Crippen molar-refractivity contribution in [3.8, 4) is 0 Å². The summed E-state index contributed by atoms with van der Waals surface area (Å²) in [6, 6.07) is 7.89. The molecule has 0 spiro atoms. The molecule has 86 valence electrons. The van der Waals surface area contributed by atoms with Crippen molar-refractivity contribution in [2.45, 2.75) is 32.7 Å². The van der Waals surface area contributed by atoms with Crippen molar-refractivity contribution in [2.24, 2.45) is 11.7 Å². The average Bonchev–Trinajstić information content (AvgIpc) is 2.15. The third-order valence-corrected chi connectivity index (χ3v) is 2.70. The van der Waals surface area contributed by atoms with Gasteiger partial charge in [0.05, 0.1) is 0 Å². The largest absolute Gasteiger partial charge is 0.324 e. The lowest BCUT2D eigenvalue weighted by Gasteiger charge is -2.14. The molecule has 0 aliphatic heterocycles. The molecule has 0 saturated heterocycles. The molecule has 1 nitrogen and oxygen atoms in total. The van der Waals surface area contributed by atoms with Crippen LogP contribution in [0.1, 0.15) is 38.3 Å². The highest BCUT2D eigenvalue weighted by molar-refractivity contribution is 6.31. The van der Waals surface area contributed by atoms with Gasteiger partial charge in [-0.1, -0.05) is 43.6 Å². The predicted molar refractivity (Wildman–Crippen MR) is 69.7 cm³/mol. The fourth-order valence-corrected chi connectivity index (χ4v) is 1.72. The number of nitrogens with two attached hydrogens (primary N) is 1. The van der Waals surface area contributed by atoms with E-state index in [0.717, 1.165) is 23.4 Å². The Morgan fingerprint density at radius 1 is 1.20 bits per heavy atom. The Bertz CT molecular complexity index is 287. The zero-order chi connectivity index (χ0) is 10.6. The second kappa shape index (κ2) is 7.10. The van der Waals surface area contributed by atoms with Gasteiger partial charge in [-0.15, -0.1) is 12.4 Å². The molecule has 0 saturated carbocycles. The van der Waals surface area contributed by atoms with E-state index in [2.05, 4.69) is 13.8 Å². The Morgan fingerprint density at radius 3 is 2.33 bits per heavy atom. The number of hydrogen-bond acceptors (Lipinski definition) is 1. The first-order valence-corrected chi connectivity index (χ1v) is 5.49. The fraction of sp³-hybridized carbons (Fsp3) is 0.500. The fourth-order valence-electron chi connectivity index (χ4n) is 1.44. The van der Waals surface area contributed by atoms with Crippen LogP contribution >= 0.6 is 24.0 Å². The van der Waals surface area contributed by atoms with Crippen LogP contribution in [0, 0.1) is 5.92 Å². The second-order valence-electron chi connectivity index (χ2n) is 4.10. The van der Waals surface area contributed by atoms with Crippen molar-refractivity contribution in [1.82, 2.24) is 0 Å². The van der Waals surface area contributed by atoms with Crippen molar-refractivity contribution in [3.63, 3.8) is 0 Å². The molecule has 1 aromatic carbocycles. The van der Waals surface area contributed by atoms with E-state index in [9.17, 15) is 0 Å². The van der Waals surface area contributed by atoms with E-state index in [1.54, 1.807) is 0 Å². The normalized spacial score (nSPS) is 12.3. The van der Waals surface area contributed by atoms with Crippen LogP contribution in [0.15, 0.2) is 24.3 Å². The SMILES string of the molecule is CC(C)CCC(N)c1ccccc1Cl.Cl. The summed E-state index contributed by atoms with van der Waals surface area (Å²) in [4.78, 5) is 0. The van der Waals surface area contributed by atoms with Crippen LogP contribution in [0.4, 0.5) is 0 Å². The minimum absolute atomic E-state index is 0. The summed E-state index contributed by atoms with van der Waals surface area (Å²) < 4.78 is 0. The summed E-state index contributed by atoms with van der Waals surface area (Å²) in [7, 11) is 0. The summed E-state index contributed by atoms with van der Waals surface area (Å²) in [6.07, 6.45) is 2.15. The van der Waals surface area contributed by atoms with Crippen LogP contribution < -0.4 is 5.73 Å². The highest BCUT2D eigenvalue weighted by Crippen LogP contribution is 2.25. The highest BCUT2D eigenvalue weighted by atomic mass is 35.5. The van der Waals surface area contributed by atoms with E-state index in [0.29, 0.717) is 5.92 Å². The van der Waals surface area contributed by atoms with Gasteiger partial charge in [-0.2, -0.15) is 0 Å². The van der Waals surface area contributed by atoms with E-state index in [-0.39, 0.29) is 18.4 Å². The topological polar surface area (TPSA) is 26.0 Å². The Kier molecular flexibility index (Phi) is 6.99. The van der Waals surface area contributed by atoms with Gasteiger partial charge >= 0.3 is 0 Å². The Labute approximate surface area is 103 Å². The number of rotatable bonds is 4. The smallest absolute Gasteiger partial charge is 0.0453 e. The van der Waals surface area contributed by atoms with Crippen molar-refractivity contribution in [1.29, 1.82) is 0 Å². The molecular weight excluding hydrogens is 229 g/mol. The molecule has 15 heavy (non-hydrogen) atoms. The lowest BCUT2D eigenvalue weighted by Crippen LogP contribution is -2.11. The molecule has 1 aromatic rings. The molecule has 0 aliphatic carbocycles. The van der Waals surface area contributed by atoms with Crippen LogP contribution in [0.2, 0.25) is 5.02 Å². The van der Waals surface area contributed by atoms with Gasteiger partial charge in [0.1, 0.15) is 0 Å². The quantitative estimate of drug-likeness (QED) is 0.849. The third kappa shape index (κ3) is 4.87. The van der Waals surface area contributed by atoms with E-state index in [1.807, 2.05) is 24.3 Å². The average molecular weight is 248 g/mol. The molecular formula is C12H19Cl2N. The summed E-state index contributed by atoms with van der Waals surface area (Å²) in [5.74, 6) is 0.698. The van der Waals surface area contributed by atoms with Gasteiger partial charge in [-0.3, -0.25) is 0 Å². The highest BCUT2D eigenvalue weighted by Gasteiger charge is 2.09. The van der Waals surface area contributed by atoms with Gasteiger partial charge in [0.25, 0.3) is 0 Å². The van der Waals surface area contributed by atoms with E-state index in [4.69, 9.17) is 17.3 Å². The Morgan fingerprint density at radius 2 is 1.80 bits per heavy atom. The molecule has 0 radical (unpaired) electrons. The van der Waals surface area contributed by atoms with Crippen molar-refractivity contribution in [3.05, 3.63) is 34.9 Å². The number of hydrogen-bond donors (Lipinski definition) is 1. The van der Waals surface area contributed by atoms with Crippen molar-refractivity contribution < 1.29 is 0 Å². The van der Waals surface area contributed by atoms with Crippen LogP contribution in [0.5, 0.6) is 0 Å². The molecule has 1 rings (SSSR count). The molecule has 3 heteroatoms. The molecule has 1 unspecified atom stereocenters. The number of benzene rings is 1. The second-order valence-corrected chi connectivity index (χ2v) is 4.51. The summed E-state index contributed by atoms with van der Waals surface area (Å²) in [6.45, 7) is 4.42. The van der Waals surface area contributed by atoms with Crippen LogP contribution in [-0.2, 0) is 0 Å². The first kappa shape index (κ1) is 14.8. The van der Waals surface area contributed by atoms with E-state index < -0.39 is 0 Å². The molecule has 0 aromatic heterocycles. The minimum atomic E-state index is 0. The maximum Gasteiger partial charge on any atom is 0.0453 e. The predicted octanol–water partition coefficient (Wildman–Crippen LogP) is 4.20. The van der Waals surface area contributed by atoms with Crippen molar-refractivity contribution >= 4 is 24.0 Å². The van der Waals surface area contributed by atoms with Crippen LogP contribution in [0.25, 0.3) is 0 Å². The Balaban J connectivity index is 0.00000196. The van der Waals surface area contributed by atoms with Crippen LogP contribution in [-0.4, -0.2) is 0 Å². The molecule has 0 heterocycles. The molecule has 0 fully saturated rings. The van der Waals surface area contributed by atoms with Gasteiger partial charge in [0, 0.05) is 11.1 Å².